The van der Waals surface area contributed by atoms with Gasteiger partial charge >= 0.3 is 0 Å². The normalized spacial score (nSPS) is 21.1. The molecule has 1 aromatic carbocycles. The molecule has 0 bridgehead atoms. The van der Waals surface area contributed by atoms with Gasteiger partial charge in [0.25, 0.3) is 5.69 Å². The van der Waals surface area contributed by atoms with E-state index >= 15 is 0 Å². The summed E-state index contributed by atoms with van der Waals surface area (Å²) in [6.07, 6.45) is 2.22. The van der Waals surface area contributed by atoms with Gasteiger partial charge in [0.2, 0.25) is 0 Å². The fourth-order valence-corrected chi connectivity index (χ4v) is 7.44. The second kappa shape index (κ2) is 11.4. The van der Waals surface area contributed by atoms with Crippen molar-refractivity contribution < 1.29 is 18.5 Å². The molecule has 1 aliphatic heterocycles. The highest BCUT2D eigenvalue weighted by Gasteiger charge is 2.50. The number of nitrogens with zero attached hydrogens (tertiary/aromatic N) is 5. The van der Waals surface area contributed by atoms with E-state index in [4.69, 9.17) is 19.3 Å². The van der Waals surface area contributed by atoms with Crippen LogP contribution in [0.1, 0.15) is 59.8 Å². The highest BCUT2D eigenvalue weighted by Crippen LogP contribution is 2.45. The standard InChI is InChI=1S/C29H46N6O5Si2/c1-28(2,3)41(7,8)39-21(15-19-13-11-12-14-20(19)35(36)37)25-22(40-42(9,10)29(4,5)6)16-23(38-25)34-18-33-24-26(30)31-17-32-27(24)34/h11-14,17-18,21-23,25H,15-16H2,1-10H3,(H2,30,31,32)/t21?,22-,23+,25+/m0/s1. The van der Waals surface area contributed by atoms with E-state index in [1.807, 2.05) is 10.6 Å². The summed E-state index contributed by atoms with van der Waals surface area (Å²) in [7, 11) is -4.60. The van der Waals surface area contributed by atoms with Crippen molar-refractivity contribution in [2.24, 2.45) is 0 Å². The summed E-state index contributed by atoms with van der Waals surface area (Å²) >= 11 is 0. The average Bonchev–Trinajstić information content (AvgIpc) is 3.47. The van der Waals surface area contributed by atoms with Crippen molar-refractivity contribution in [2.45, 2.75) is 115 Å². The van der Waals surface area contributed by atoms with Gasteiger partial charge in [-0.25, -0.2) is 15.0 Å². The van der Waals surface area contributed by atoms with Crippen LogP contribution >= 0.6 is 0 Å². The van der Waals surface area contributed by atoms with Crippen LogP contribution < -0.4 is 5.73 Å². The van der Waals surface area contributed by atoms with Crippen LogP contribution in [0.25, 0.3) is 11.2 Å². The molecule has 13 heteroatoms. The minimum atomic E-state index is -2.35. The van der Waals surface area contributed by atoms with E-state index < -0.39 is 35.1 Å². The van der Waals surface area contributed by atoms with Gasteiger partial charge in [-0.3, -0.25) is 14.7 Å². The third-order valence-corrected chi connectivity index (χ3v) is 18.3. The molecule has 0 saturated carbocycles. The minimum absolute atomic E-state index is 0.0347. The molecule has 0 amide bonds. The summed E-state index contributed by atoms with van der Waals surface area (Å²) < 4.78 is 22.9. The van der Waals surface area contributed by atoms with E-state index in [-0.39, 0.29) is 26.8 Å². The quantitative estimate of drug-likeness (QED) is 0.160. The Hall–Kier alpha value is -2.72. The molecule has 0 radical (unpaired) electrons. The number of imidazole rings is 1. The Morgan fingerprint density at radius 1 is 1.07 bits per heavy atom. The van der Waals surface area contributed by atoms with Crippen molar-refractivity contribution in [3.05, 3.63) is 52.6 Å². The third kappa shape index (κ3) is 6.44. The lowest BCUT2D eigenvalue weighted by Crippen LogP contribution is -2.52. The molecule has 230 valence electrons. The van der Waals surface area contributed by atoms with Crippen molar-refractivity contribution in [2.75, 3.05) is 5.73 Å². The topological polar surface area (TPSA) is 140 Å². The Morgan fingerprint density at radius 3 is 2.33 bits per heavy atom. The molecule has 4 rings (SSSR count). The van der Waals surface area contributed by atoms with E-state index in [0.717, 1.165) is 0 Å². The lowest BCUT2D eigenvalue weighted by molar-refractivity contribution is -0.385. The first-order valence-corrected chi connectivity index (χ1v) is 20.3. The van der Waals surface area contributed by atoms with Crippen LogP contribution in [0.15, 0.2) is 36.9 Å². The van der Waals surface area contributed by atoms with Crippen molar-refractivity contribution in [3.63, 3.8) is 0 Å². The molecule has 4 atom stereocenters. The summed E-state index contributed by atoms with van der Waals surface area (Å²) in [4.78, 5) is 24.6. The largest absolute Gasteiger partial charge is 0.411 e. The van der Waals surface area contributed by atoms with E-state index in [2.05, 4.69) is 82.7 Å². The van der Waals surface area contributed by atoms with Gasteiger partial charge in [-0.05, 0) is 36.3 Å². The lowest BCUT2D eigenvalue weighted by Gasteiger charge is -2.43. The summed E-state index contributed by atoms with van der Waals surface area (Å²) in [5.41, 5.74) is 7.86. The molecule has 0 aliphatic carbocycles. The number of nitrogen functional groups attached to an aromatic ring is 1. The van der Waals surface area contributed by atoms with Crippen molar-refractivity contribution in [1.82, 2.24) is 19.5 Å². The van der Waals surface area contributed by atoms with Gasteiger partial charge in [-0.1, -0.05) is 59.7 Å². The molecule has 3 heterocycles. The summed E-state index contributed by atoms with van der Waals surface area (Å²) in [5.74, 6) is 0.304. The number of hydrogen-bond donors (Lipinski definition) is 1. The van der Waals surface area contributed by atoms with Gasteiger partial charge in [0, 0.05) is 24.5 Å². The molecule has 1 unspecified atom stereocenters. The number of nitro benzene ring substituents is 1. The van der Waals surface area contributed by atoms with Crippen LogP contribution in [0, 0.1) is 10.1 Å². The van der Waals surface area contributed by atoms with Crippen LogP contribution in [-0.4, -0.2) is 59.4 Å². The monoisotopic (exact) mass is 614 g/mol. The average molecular weight is 615 g/mol. The maximum atomic E-state index is 12.0. The zero-order valence-corrected chi connectivity index (χ0v) is 28.5. The Labute approximate surface area is 250 Å². The third-order valence-electron chi connectivity index (χ3n) is 9.29. The molecular weight excluding hydrogens is 569 g/mol. The molecular formula is C29H46N6O5Si2. The van der Waals surface area contributed by atoms with Crippen LogP contribution in [0.2, 0.25) is 36.3 Å². The van der Waals surface area contributed by atoms with E-state index in [9.17, 15) is 10.1 Å². The van der Waals surface area contributed by atoms with E-state index in [1.54, 1.807) is 24.5 Å². The van der Waals surface area contributed by atoms with Crippen LogP contribution in [0.5, 0.6) is 0 Å². The van der Waals surface area contributed by atoms with Crippen LogP contribution in [0.4, 0.5) is 11.5 Å². The number of nitro groups is 1. The Morgan fingerprint density at radius 2 is 1.71 bits per heavy atom. The second-order valence-corrected chi connectivity index (χ2v) is 23.8. The number of benzene rings is 1. The SMILES string of the molecule is CC(C)(C)[Si](C)(C)OC(Cc1ccccc1[N+](=O)[O-])[C@H]1O[C@@H](n2cnc3c(N)ncnc32)C[C@@H]1O[Si](C)(C)C(C)(C)C. The number of rotatable bonds is 9. The van der Waals surface area contributed by atoms with Crippen molar-refractivity contribution in [1.29, 1.82) is 0 Å². The Balaban J connectivity index is 1.80. The molecule has 3 aromatic rings. The number of nitrogens with two attached hydrogens (primary N) is 1. The Kier molecular flexibility index (Phi) is 8.75. The summed E-state index contributed by atoms with van der Waals surface area (Å²) in [5, 5.41) is 11.9. The number of aromatic nitrogens is 4. The van der Waals surface area contributed by atoms with Crippen molar-refractivity contribution >= 4 is 39.3 Å². The first-order chi connectivity index (χ1) is 19.3. The van der Waals surface area contributed by atoms with Gasteiger partial charge in [0.1, 0.15) is 24.2 Å². The highest BCUT2D eigenvalue weighted by molar-refractivity contribution is 6.74. The zero-order chi connectivity index (χ0) is 31.3. The maximum absolute atomic E-state index is 12.0. The van der Waals surface area contributed by atoms with Gasteiger partial charge in [0.05, 0.1) is 23.5 Å². The predicted molar refractivity (Wildman–Crippen MR) is 169 cm³/mol. The van der Waals surface area contributed by atoms with Gasteiger partial charge < -0.3 is 19.3 Å². The fourth-order valence-electron chi connectivity index (χ4n) is 4.77. The predicted octanol–water partition coefficient (Wildman–Crippen LogP) is 6.63. The molecule has 1 aliphatic rings. The van der Waals surface area contributed by atoms with E-state index in [1.165, 1.54) is 6.33 Å². The number of para-hydroxylation sites is 1. The molecule has 1 saturated heterocycles. The molecule has 0 spiro atoms. The zero-order valence-electron chi connectivity index (χ0n) is 26.5. The molecule has 2 aromatic heterocycles. The minimum Gasteiger partial charge on any atom is -0.411 e. The molecule has 1 fully saturated rings. The number of ether oxygens (including phenoxy) is 1. The molecule has 11 nitrogen and oxygen atoms in total. The van der Waals surface area contributed by atoms with E-state index in [0.29, 0.717) is 35.4 Å². The smallest absolute Gasteiger partial charge is 0.272 e. The lowest BCUT2D eigenvalue weighted by atomic mass is 9.99. The number of fused-ring (bicyclic) bond motifs is 1. The fraction of sp³-hybridized carbons (Fsp3) is 0.621. The number of hydrogen-bond acceptors (Lipinski definition) is 9. The maximum Gasteiger partial charge on any atom is 0.272 e. The van der Waals surface area contributed by atoms with Crippen molar-refractivity contribution in [3.8, 4) is 0 Å². The van der Waals surface area contributed by atoms with Gasteiger partial charge in [0.15, 0.2) is 28.1 Å². The highest BCUT2D eigenvalue weighted by atomic mass is 28.4. The number of anilines is 1. The van der Waals surface area contributed by atoms with Gasteiger partial charge in [-0.15, -0.1) is 0 Å². The molecule has 2 N–H and O–H groups in total. The van der Waals surface area contributed by atoms with Crippen LogP contribution in [-0.2, 0) is 20.0 Å². The Bertz CT molecular complexity index is 1430. The molecule has 42 heavy (non-hydrogen) atoms. The van der Waals surface area contributed by atoms with Gasteiger partial charge in [-0.2, -0.15) is 0 Å². The first-order valence-electron chi connectivity index (χ1n) is 14.5. The summed E-state index contributed by atoms with van der Waals surface area (Å²) in [6.45, 7) is 22.0. The summed E-state index contributed by atoms with van der Waals surface area (Å²) in [6, 6.07) is 6.87. The first kappa shape index (κ1) is 32.2. The second-order valence-electron chi connectivity index (χ2n) is 14.3. The van der Waals surface area contributed by atoms with Crippen LogP contribution in [0.3, 0.4) is 0 Å².